The molecular weight excluding hydrogens is 1180 g/mol. The largest absolute Gasteiger partial charge is 0.394 e. The maximum absolute atomic E-state index is 13.5. The molecule has 0 radical (unpaired) electrons. The first-order valence-corrected chi connectivity index (χ1v) is 38.3. The fourth-order valence-electron chi connectivity index (χ4n) is 13.5. The molecule has 17 unspecified atom stereocenters. The summed E-state index contributed by atoms with van der Waals surface area (Å²) in [7, 11) is 0. The number of amides is 1. The molecule has 12 N–H and O–H groups in total. The smallest absolute Gasteiger partial charge is 0.220 e. The second-order valence-corrected chi connectivity index (χ2v) is 27.8. The lowest BCUT2D eigenvalue weighted by Crippen LogP contribution is -2.66. The Balaban J connectivity index is 1.39. The molecule has 19 nitrogen and oxygen atoms in total. The van der Waals surface area contributed by atoms with Gasteiger partial charge < -0.3 is 89.9 Å². The number of carbonyl (C=O) groups excluding carboxylic acids is 1. The van der Waals surface area contributed by atoms with Crippen molar-refractivity contribution in [2.75, 3.05) is 26.4 Å². The number of aliphatic hydroxyl groups is 11. The molecule has 17 atom stereocenters. The summed E-state index contributed by atoms with van der Waals surface area (Å²) in [5.41, 5.74) is 0. The van der Waals surface area contributed by atoms with Crippen LogP contribution in [-0.2, 0) is 33.2 Å². The average molecular weight is 1320 g/mol. The van der Waals surface area contributed by atoms with E-state index in [2.05, 4.69) is 19.2 Å². The van der Waals surface area contributed by atoms with E-state index in [0.717, 1.165) is 44.9 Å². The van der Waals surface area contributed by atoms with Crippen LogP contribution in [0.1, 0.15) is 328 Å². The number of aliphatic hydroxyl groups excluding tert-OH is 11. The molecule has 3 aliphatic rings. The monoisotopic (exact) mass is 1320 g/mol. The average Bonchev–Trinajstić information content (AvgIpc) is 0.844. The van der Waals surface area contributed by atoms with Gasteiger partial charge in [0.25, 0.3) is 0 Å². The third-order valence-corrected chi connectivity index (χ3v) is 19.7. The quantitative estimate of drug-likeness (QED) is 0.0252. The van der Waals surface area contributed by atoms with Gasteiger partial charge in [-0.1, -0.05) is 309 Å². The van der Waals surface area contributed by atoms with Crippen molar-refractivity contribution in [3.05, 3.63) is 0 Å². The van der Waals surface area contributed by atoms with Crippen LogP contribution in [0.3, 0.4) is 0 Å². The maximum Gasteiger partial charge on any atom is 0.220 e. The van der Waals surface area contributed by atoms with Crippen LogP contribution in [0.5, 0.6) is 0 Å². The Labute approximate surface area is 557 Å². The minimum Gasteiger partial charge on any atom is -0.394 e. The molecule has 0 aromatic carbocycles. The summed E-state index contributed by atoms with van der Waals surface area (Å²) in [4.78, 5) is 13.5. The van der Waals surface area contributed by atoms with Crippen molar-refractivity contribution in [3.8, 4) is 0 Å². The zero-order valence-corrected chi connectivity index (χ0v) is 58.1. The highest BCUT2D eigenvalue weighted by Crippen LogP contribution is 2.33. The number of rotatable bonds is 61. The van der Waals surface area contributed by atoms with Gasteiger partial charge in [-0.3, -0.25) is 4.79 Å². The molecular formula is C73H141NO18. The summed E-state index contributed by atoms with van der Waals surface area (Å²) in [5.74, 6) is -0.234. The molecule has 1 amide bonds. The van der Waals surface area contributed by atoms with Crippen molar-refractivity contribution in [2.45, 2.75) is 433 Å². The van der Waals surface area contributed by atoms with Crippen molar-refractivity contribution in [1.29, 1.82) is 0 Å². The van der Waals surface area contributed by atoms with Gasteiger partial charge in [0.15, 0.2) is 18.9 Å². The minimum atomic E-state index is -1.97. The lowest BCUT2D eigenvalue weighted by Gasteiger charge is -2.48. The van der Waals surface area contributed by atoms with Crippen LogP contribution < -0.4 is 5.32 Å². The minimum absolute atomic E-state index is 0.234. The van der Waals surface area contributed by atoms with Crippen LogP contribution in [0, 0.1) is 0 Å². The van der Waals surface area contributed by atoms with E-state index in [9.17, 15) is 61.0 Å². The molecule has 0 aromatic heterocycles. The van der Waals surface area contributed by atoms with Gasteiger partial charge in [0, 0.05) is 6.42 Å². The molecule has 92 heavy (non-hydrogen) atoms. The first kappa shape index (κ1) is 85.0. The third kappa shape index (κ3) is 36.6. The third-order valence-electron chi connectivity index (χ3n) is 19.7. The summed E-state index contributed by atoms with van der Waals surface area (Å²) in [6.07, 6.45) is 34.7. The number of carbonyl (C=O) groups is 1. The van der Waals surface area contributed by atoms with E-state index >= 15 is 0 Å². The molecule has 3 fully saturated rings. The predicted molar refractivity (Wildman–Crippen MR) is 361 cm³/mol. The first-order chi connectivity index (χ1) is 44.8. The van der Waals surface area contributed by atoms with Crippen molar-refractivity contribution in [3.63, 3.8) is 0 Å². The number of nitrogens with one attached hydrogen (secondary N) is 1. The molecule has 0 saturated carbocycles. The van der Waals surface area contributed by atoms with Gasteiger partial charge in [-0.15, -0.1) is 0 Å². The summed E-state index contributed by atoms with van der Waals surface area (Å²) in [5, 5.41) is 121. The second-order valence-electron chi connectivity index (χ2n) is 27.8. The fraction of sp³-hybridized carbons (Fsp3) is 0.986. The molecule has 3 saturated heterocycles. The van der Waals surface area contributed by atoms with Crippen LogP contribution in [0.25, 0.3) is 0 Å². The van der Waals surface area contributed by atoms with Crippen LogP contribution >= 0.6 is 0 Å². The summed E-state index contributed by atoms with van der Waals surface area (Å²) >= 11 is 0. The van der Waals surface area contributed by atoms with Crippen LogP contribution in [-0.4, -0.2) is 193 Å². The Bertz CT molecular complexity index is 1670. The number of ether oxygens (including phenoxy) is 6. The first-order valence-electron chi connectivity index (χ1n) is 38.3. The number of hydrogen-bond donors (Lipinski definition) is 12. The highest BCUT2D eigenvalue weighted by atomic mass is 16.8. The van der Waals surface area contributed by atoms with E-state index in [1.54, 1.807) is 0 Å². The van der Waals surface area contributed by atoms with Crippen molar-refractivity contribution in [2.24, 2.45) is 0 Å². The number of hydrogen-bond acceptors (Lipinski definition) is 18. The van der Waals surface area contributed by atoms with Gasteiger partial charge in [0.1, 0.15) is 73.2 Å². The predicted octanol–water partition coefficient (Wildman–Crippen LogP) is 11.5. The fourth-order valence-corrected chi connectivity index (χ4v) is 13.5. The Kier molecular flexibility index (Phi) is 51.4. The molecule has 19 heteroatoms. The molecule has 0 aromatic rings. The zero-order chi connectivity index (χ0) is 66.8. The van der Waals surface area contributed by atoms with Gasteiger partial charge in [-0.05, 0) is 12.8 Å². The maximum atomic E-state index is 13.5. The standard InChI is InChI=1S/C73H141NO18/c1-3-5-7-9-11-13-15-17-19-21-23-25-26-27-28-29-30-31-32-34-36-38-40-42-44-46-48-50-57(78)56(74-61(79)51-49-47-45-43-41-39-37-35-33-24-22-20-18-16-14-12-10-8-6-4-2)55-87-71-67(85)64(82)69(59(53-76)89-71)92-73-68(86)65(83)70(60(54-77)90-73)91-72-66(84)63(81)62(80)58(52-75)88-72/h56-60,62-73,75-78,80-86H,3-55H2,1-2H3,(H,74,79). The summed E-state index contributed by atoms with van der Waals surface area (Å²) < 4.78 is 34.5. The summed E-state index contributed by atoms with van der Waals surface area (Å²) in [6, 6.07) is -0.882. The molecule has 3 aliphatic heterocycles. The molecule has 3 rings (SSSR count). The lowest BCUT2D eigenvalue weighted by atomic mass is 9.96. The van der Waals surface area contributed by atoms with Crippen molar-refractivity contribution >= 4 is 5.91 Å². The highest BCUT2D eigenvalue weighted by molar-refractivity contribution is 5.76. The van der Waals surface area contributed by atoms with Crippen molar-refractivity contribution < 1.29 is 89.4 Å². The normalized spacial score (nSPS) is 27.6. The van der Waals surface area contributed by atoms with Gasteiger partial charge in [0.05, 0.1) is 38.6 Å². The van der Waals surface area contributed by atoms with E-state index in [1.807, 2.05) is 0 Å². The van der Waals surface area contributed by atoms with Gasteiger partial charge in [-0.2, -0.15) is 0 Å². The Morgan fingerprint density at radius 3 is 0.946 bits per heavy atom. The molecule has 3 heterocycles. The van der Waals surface area contributed by atoms with Gasteiger partial charge in [0.2, 0.25) is 5.91 Å². The van der Waals surface area contributed by atoms with Crippen LogP contribution in [0.4, 0.5) is 0 Å². The van der Waals surface area contributed by atoms with E-state index in [0.29, 0.717) is 12.8 Å². The molecule has 546 valence electrons. The van der Waals surface area contributed by atoms with E-state index < -0.39 is 124 Å². The van der Waals surface area contributed by atoms with Gasteiger partial charge >= 0.3 is 0 Å². The molecule has 0 aliphatic carbocycles. The van der Waals surface area contributed by atoms with E-state index in [1.165, 1.54) is 250 Å². The van der Waals surface area contributed by atoms with Crippen LogP contribution in [0.15, 0.2) is 0 Å². The van der Waals surface area contributed by atoms with E-state index in [4.69, 9.17) is 28.4 Å². The lowest BCUT2D eigenvalue weighted by molar-refractivity contribution is -0.379. The Morgan fingerprint density at radius 2 is 0.620 bits per heavy atom. The molecule has 0 bridgehead atoms. The Morgan fingerprint density at radius 1 is 0.348 bits per heavy atom. The van der Waals surface area contributed by atoms with Gasteiger partial charge in [-0.25, -0.2) is 0 Å². The molecule has 0 spiro atoms. The number of unbranched alkanes of at least 4 members (excludes halogenated alkanes) is 45. The SMILES string of the molecule is CCCCCCCCCCCCCCCCCCCCCCCCCCCCCC(O)C(COC1OC(CO)C(OC2OC(CO)C(OC3OC(CO)C(O)C(O)C3O)C(O)C2O)C(O)C1O)NC(=O)CCCCCCCCCCCCCCCCCCCCCC. The topological polar surface area (TPSA) is 307 Å². The zero-order valence-electron chi connectivity index (χ0n) is 58.1. The highest BCUT2D eigenvalue weighted by Gasteiger charge is 2.53. The second kappa shape index (κ2) is 55.6. The van der Waals surface area contributed by atoms with E-state index in [-0.39, 0.29) is 18.9 Å². The van der Waals surface area contributed by atoms with Crippen molar-refractivity contribution in [1.82, 2.24) is 5.32 Å². The van der Waals surface area contributed by atoms with Crippen LogP contribution in [0.2, 0.25) is 0 Å². The summed E-state index contributed by atoms with van der Waals surface area (Å²) in [6.45, 7) is 1.86. The Hall–Kier alpha value is -1.21.